The molecule has 1 aromatic carbocycles. The first-order valence-corrected chi connectivity index (χ1v) is 6.46. The fraction of sp³-hybridized carbons (Fsp3) is 0.429. The maximum absolute atomic E-state index is 4.26. The predicted molar refractivity (Wildman–Crippen MR) is 73.7 cm³/mol. The average Bonchev–Trinajstić information content (AvgIpc) is 2.40. The highest BCUT2D eigenvalue weighted by Gasteiger charge is 2.27. The van der Waals surface area contributed by atoms with Crippen LogP contribution in [0.15, 0.2) is 30.5 Å². The van der Waals surface area contributed by atoms with Crippen molar-refractivity contribution in [1.29, 1.82) is 0 Å². The number of hydrogen-bond acceptors (Lipinski definition) is 4. The summed E-state index contributed by atoms with van der Waals surface area (Å²) in [5, 5.41) is 17.6. The second-order valence-corrected chi connectivity index (χ2v) is 5.22. The highest BCUT2D eigenvalue weighted by Crippen LogP contribution is 2.26. The third-order valence-corrected chi connectivity index (χ3v) is 3.70. The van der Waals surface area contributed by atoms with Crippen LogP contribution in [0.2, 0.25) is 0 Å². The summed E-state index contributed by atoms with van der Waals surface area (Å²) >= 11 is 0. The van der Waals surface area contributed by atoms with Crippen molar-refractivity contribution in [2.24, 2.45) is 0 Å². The SMILES string of the molecule is CC1(Nc2nncc3ccccc23)CCNCC1. The van der Waals surface area contributed by atoms with Gasteiger partial charge in [-0.3, -0.25) is 0 Å². The van der Waals surface area contributed by atoms with Crippen LogP contribution in [0.4, 0.5) is 5.82 Å². The van der Waals surface area contributed by atoms with Gasteiger partial charge in [0, 0.05) is 16.3 Å². The van der Waals surface area contributed by atoms with E-state index in [1.807, 2.05) is 18.3 Å². The number of hydrogen-bond donors (Lipinski definition) is 2. The lowest BCUT2D eigenvalue weighted by Crippen LogP contribution is -2.45. The van der Waals surface area contributed by atoms with E-state index in [4.69, 9.17) is 0 Å². The lowest BCUT2D eigenvalue weighted by atomic mass is 9.90. The lowest BCUT2D eigenvalue weighted by molar-refractivity contribution is 0.364. The molecule has 0 amide bonds. The van der Waals surface area contributed by atoms with E-state index in [-0.39, 0.29) is 5.54 Å². The van der Waals surface area contributed by atoms with E-state index >= 15 is 0 Å². The van der Waals surface area contributed by atoms with Crippen molar-refractivity contribution < 1.29 is 0 Å². The minimum absolute atomic E-state index is 0.115. The van der Waals surface area contributed by atoms with Gasteiger partial charge < -0.3 is 10.6 Å². The Morgan fingerprint density at radius 2 is 2.00 bits per heavy atom. The maximum Gasteiger partial charge on any atom is 0.156 e. The third kappa shape index (κ3) is 2.16. The first-order valence-electron chi connectivity index (χ1n) is 6.46. The van der Waals surface area contributed by atoms with E-state index in [1.165, 1.54) is 0 Å². The van der Waals surface area contributed by atoms with Crippen molar-refractivity contribution in [1.82, 2.24) is 15.5 Å². The number of nitrogens with one attached hydrogen (secondary N) is 2. The van der Waals surface area contributed by atoms with E-state index in [1.54, 1.807) is 0 Å². The molecule has 0 bridgehead atoms. The van der Waals surface area contributed by atoms with Crippen LogP contribution in [-0.4, -0.2) is 28.8 Å². The first-order chi connectivity index (χ1) is 8.77. The summed E-state index contributed by atoms with van der Waals surface area (Å²) in [5.74, 6) is 0.900. The zero-order valence-corrected chi connectivity index (χ0v) is 10.6. The average molecular weight is 242 g/mol. The highest BCUT2D eigenvalue weighted by atomic mass is 15.2. The number of fused-ring (bicyclic) bond motifs is 1. The molecule has 1 aromatic heterocycles. The molecule has 2 heterocycles. The smallest absolute Gasteiger partial charge is 0.156 e. The molecule has 0 unspecified atom stereocenters. The fourth-order valence-electron chi connectivity index (χ4n) is 2.51. The van der Waals surface area contributed by atoms with Gasteiger partial charge in [-0.2, -0.15) is 5.10 Å². The minimum Gasteiger partial charge on any atom is -0.363 e. The lowest BCUT2D eigenvalue weighted by Gasteiger charge is -2.35. The molecule has 1 aliphatic heterocycles. The molecule has 2 N–H and O–H groups in total. The molecule has 3 rings (SSSR count). The molecule has 94 valence electrons. The van der Waals surface area contributed by atoms with Crippen molar-refractivity contribution in [2.75, 3.05) is 18.4 Å². The van der Waals surface area contributed by atoms with Gasteiger partial charge in [-0.05, 0) is 32.9 Å². The molecule has 4 heteroatoms. The summed E-state index contributed by atoms with van der Waals surface area (Å²) in [6.45, 7) is 4.38. The maximum atomic E-state index is 4.26. The zero-order chi connectivity index (χ0) is 12.4. The van der Waals surface area contributed by atoms with E-state index in [0.717, 1.165) is 42.5 Å². The van der Waals surface area contributed by atoms with Gasteiger partial charge in [0.25, 0.3) is 0 Å². The van der Waals surface area contributed by atoms with Crippen LogP contribution in [-0.2, 0) is 0 Å². The summed E-state index contributed by atoms with van der Waals surface area (Å²) in [6.07, 6.45) is 4.03. The summed E-state index contributed by atoms with van der Waals surface area (Å²) in [4.78, 5) is 0. The molecule has 18 heavy (non-hydrogen) atoms. The summed E-state index contributed by atoms with van der Waals surface area (Å²) in [7, 11) is 0. The van der Waals surface area contributed by atoms with Gasteiger partial charge in [-0.1, -0.05) is 24.3 Å². The Hall–Kier alpha value is -1.68. The van der Waals surface area contributed by atoms with Gasteiger partial charge in [0.2, 0.25) is 0 Å². The monoisotopic (exact) mass is 242 g/mol. The molecule has 0 aliphatic carbocycles. The number of nitrogens with zero attached hydrogens (tertiary/aromatic N) is 2. The van der Waals surface area contributed by atoms with Crippen LogP contribution in [0.1, 0.15) is 19.8 Å². The molecule has 2 aromatic rings. The second-order valence-electron chi connectivity index (χ2n) is 5.22. The predicted octanol–water partition coefficient (Wildman–Crippen LogP) is 2.18. The number of rotatable bonds is 2. The van der Waals surface area contributed by atoms with Gasteiger partial charge in [-0.15, -0.1) is 5.10 Å². The Labute approximate surface area is 107 Å². The molecule has 0 saturated carbocycles. The summed E-state index contributed by atoms with van der Waals surface area (Å²) < 4.78 is 0. The fourth-order valence-corrected chi connectivity index (χ4v) is 2.51. The molecule has 1 fully saturated rings. The summed E-state index contributed by atoms with van der Waals surface area (Å²) in [6, 6.07) is 8.23. The van der Waals surface area contributed by atoms with Crippen molar-refractivity contribution in [3.63, 3.8) is 0 Å². The second kappa shape index (κ2) is 4.53. The van der Waals surface area contributed by atoms with Crippen molar-refractivity contribution >= 4 is 16.6 Å². The molecule has 0 radical (unpaired) electrons. The molecular weight excluding hydrogens is 224 g/mol. The molecule has 0 spiro atoms. The van der Waals surface area contributed by atoms with Gasteiger partial charge in [0.15, 0.2) is 5.82 Å². The van der Waals surface area contributed by atoms with Crippen LogP contribution in [0.5, 0.6) is 0 Å². The Bertz CT molecular complexity index is 541. The van der Waals surface area contributed by atoms with Crippen LogP contribution in [0.3, 0.4) is 0 Å². The molecule has 0 atom stereocenters. The number of piperidine rings is 1. The Morgan fingerprint density at radius 3 is 2.83 bits per heavy atom. The van der Waals surface area contributed by atoms with Gasteiger partial charge in [-0.25, -0.2) is 0 Å². The van der Waals surface area contributed by atoms with Gasteiger partial charge >= 0.3 is 0 Å². The molecule has 1 aliphatic rings. The number of aromatic nitrogens is 2. The van der Waals surface area contributed by atoms with Crippen molar-refractivity contribution in [2.45, 2.75) is 25.3 Å². The Balaban J connectivity index is 1.94. The standard InChI is InChI=1S/C14H18N4/c1-14(6-8-15-9-7-14)17-13-12-5-3-2-4-11(12)10-16-18-13/h2-5,10,15H,6-9H2,1H3,(H,17,18). The number of benzene rings is 1. The van der Waals surface area contributed by atoms with E-state index < -0.39 is 0 Å². The van der Waals surface area contributed by atoms with E-state index in [0.29, 0.717) is 0 Å². The molecular formula is C14H18N4. The quantitative estimate of drug-likeness (QED) is 0.847. The topological polar surface area (TPSA) is 49.8 Å². The highest BCUT2D eigenvalue weighted by molar-refractivity contribution is 5.91. The Kier molecular flexibility index (Phi) is 2.88. The van der Waals surface area contributed by atoms with Gasteiger partial charge in [0.05, 0.1) is 6.20 Å². The van der Waals surface area contributed by atoms with Crippen LogP contribution >= 0.6 is 0 Å². The molecule has 4 nitrogen and oxygen atoms in total. The summed E-state index contributed by atoms with van der Waals surface area (Å²) in [5.41, 5.74) is 0.115. The van der Waals surface area contributed by atoms with Crippen LogP contribution < -0.4 is 10.6 Å². The third-order valence-electron chi connectivity index (χ3n) is 3.70. The largest absolute Gasteiger partial charge is 0.363 e. The van der Waals surface area contributed by atoms with Crippen LogP contribution in [0, 0.1) is 0 Å². The van der Waals surface area contributed by atoms with E-state index in [2.05, 4.69) is 39.9 Å². The van der Waals surface area contributed by atoms with Crippen molar-refractivity contribution in [3.05, 3.63) is 30.5 Å². The van der Waals surface area contributed by atoms with Crippen LogP contribution in [0.25, 0.3) is 10.8 Å². The molecule has 1 saturated heterocycles. The zero-order valence-electron chi connectivity index (χ0n) is 10.6. The number of anilines is 1. The Morgan fingerprint density at radius 1 is 1.22 bits per heavy atom. The normalized spacial score (nSPS) is 18.7. The van der Waals surface area contributed by atoms with E-state index in [9.17, 15) is 0 Å². The minimum atomic E-state index is 0.115. The van der Waals surface area contributed by atoms with Gasteiger partial charge in [0.1, 0.15) is 0 Å². The first kappa shape index (κ1) is 11.4. The van der Waals surface area contributed by atoms with Crippen molar-refractivity contribution in [3.8, 4) is 0 Å².